The van der Waals surface area contributed by atoms with Crippen molar-refractivity contribution in [3.63, 3.8) is 0 Å². The largest absolute Gasteiger partial charge is 1.00 e. The monoisotopic (exact) mass is 387 g/mol. The molecule has 0 bridgehead atoms. The van der Waals surface area contributed by atoms with E-state index in [2.05, 4.69) is 0 Å². The van der Waals surface area contributed by atoms with E-state index >= 15 is 0 Å². The average Bonchev–Trinajstić information content (AvgIpc) is 2.61. The van der Waals surface area contributed by atoms with Crippen molar-refractivity contribution in [2.45, 2.75) is 6.54 Å². The van der Waals surface area contributed by atoms with Gasteiger partial charge in [0.25, 0.3) is 0 Å². The predicted molar refractivity (Wildman–Crippen MR) is 88.0 cm³/mol. The number of carbonyl (C=O) groups is 1. The molecule has 5 heteroatoms. The highest BCUT2D eigenvalue weighted by atomic mass is 79.9. The normalized spacial score (nSPS) is 10.1. The summed E-state index contributed by atoms with van der Waals surface area (Å²) >= 11 is 0. The molecule has 0 N–H and O–H groups in total. The second-order valence-corrected chi connectivity index (χ2v) is 5.19. The molecule has 0 radical (unpaired) electrons. The summed E-state index contributed by atoms with van der Waals surface area (Å²) < 4.78 is 12.4. The third-order valence-corrected chi connectivity index (χ3v) is 3.81. The number of hydrogen-bond donors (Lipinski definition) is 0. The van der Waals surface area contributed by atoms with Crippen LogP contribution in [-0.4, -0.2) is 20.0 Å². The van der Waals surface area contributed by atoms with Crippen molar-refractivity contribution < 1.29 is 35.8 Å². The first-order valence-electron chi connectivity index (χ1n) is 7.35. The van der Waals surface area contributed by atoms with Crippen LogP contribution in [0.3, 0.4) is 0 Å². The lowest BCUT2D eigenvalue weighted by Gasteiger charge is -2.08. The Morgan fingerprint density at radius 2 is 1.67 bits per heavy atom. The number of halogens is 1. The van der Waals surface area contributed by atoms with Crippen molar-refractivity contribution in [2.24, 2.45) is 0 Å². The highest BCUT2D eigenvalue weighted by Crippen LogP contribution is 2.27. The summed E-state index contributed by atoms with van der Waals surface area (Å²) in [6.45, 7) is 0.275. The van der Waals surface area contributed by atoms with Crippen molar-refractivity contribution in [3.8, 4) is 11.5 Å². The average molecular weight is 388 g/mol. The minimum atomic E-state index is 0. The summed E-state index contributed by atoms with van der Waals surface area (Å²) in [7, 11) is 3.14. The molecular weight excluding hydrogens is 370 g/mol. The molecule has 0 aliphatic carbocycles. The number of nitrogens with zero attached hydrogens (tertiary/aromatic N) is 1. The summed E-state index contributed by atoms with van der Waals surface area (Å²) in [4.78, 5) is 12.6. The molecule has 124 valence electrons. The third-order valence-electron chi connectivity index (χ3n) is 3.81. The first-order chi connectivity index (χ1) is 11.2. The number of rotatable bonds is 5. The zero-order valence-corrected chi connectivity index (χ0v) is 15.1. The van der Waals surface area contributed by atoms with Gasteiger partial charge in [-0.3, -0.25) is 4.79 Å². The minimum Gasteiger partial charge on any atom is -1.00 e. The van der Waals surface area contributed by atoms with Crippen LogP contribution in [-0.2, 0) is 6.54 Å². The second-order valence-electron chi connectivity index (χ2n) is 5.19. The molecule has 2 aromatic carbocycles. The van der Waals surface area contributed by atoms with Crippen LogP contribution in [0.15, 0.2) is 60.8 Å². The van der Waals surface area contributed by atoms with E-state index in [4.69, 9.17) is 9.47 Å². The molecule has 0 atom stereocenters. The summed E-state index contributed by atoms with van der Waals surface area (Å²) in [6.07, 6.45) is 1.92. The van der Waals surface area contributed by atoms with E-state index in [0.717, 1.165) is 10.9 Å². The van der Waals surface area contributed by atoms with Crippen LogP contribution in [0.4, 0.5) is 0 Å². The highest BCUT2D eigenvalue weighted by Gasteiger charge is 2.17. The molecule has 0 fully saturated rings. The van der Waals surface area contributed by atoms with Gasteiger partial charge in [-0.25, -0.2) is 0 Å². The Kier molecular flexibility index (Phi) is 5.93. The van der Waals surface area contributed by atoms with Crippen LogP contribution < -0.4 is 31.0 Å². The Balaban J connectivity index is 0.00000208. The van der Waals surface area contributed by atoms with Gasteiger partial charge >= 0.3 is 0 Å². The number of aromatic nitrogens is 1. The summed E-state index contributed by atoms with van der Waals surface area (Å²) in [5, 5.41) is 1.11. The van der Waals surface area contributed by atoms with Crippen molar-refractivity contribution >= 4 is 16.7 Å². The third kappa shape index (κ3) is 3.57. The summed E-state index contributed by atoms with van der Waals surface area (Å²) in [5.41, 5.74) is 1.63. The lowest BCUT2D eigenvalue weighted by molar-refractivity contribution is -0.657. The predicted octanol–water partition coefficient (Wildman–Crippen LogP) is 0.0314. The number of pyridine rings is 1. The minimum absolute atomic E-state index is 0. The Morgan fingerprint density at radius 3 is 2.42 bits per heavy atom. The first kappa shape index (κ1) is 17.9. The van der Waals surface area contributed by atoms with E-state index in [1.54, 1.807) is 32.4 Å². The van der Waals surface area contributed by atoms with Gasteiger partial charge in [-0.1, -0.05) is 12.1 Å². The number of hydrogen-bond acceptors (Lipinski definition) is 3. The second kappa shape index (κ2) is 7.93. The van der Waals surface area contributed by atoms with E-state index in [1.807, 2.05) is 47.2 Å². The van der Waals surface area contributed by atoms with Crippen molar-refractivity contribution in [3.05, 3.63) is 66.4 Å². The lowest BCUT2D eigenvalue weighted by Crippen LogP contribution is -3.00. The quantitative estimate of drug-likeness (QED) is 0.458. The van der Waals surface area contributed by atoms with Gasteiger partial charge in [0, 0.05) is 23.1 Å². The van der Waals surface area contributed by atoms with E-state index < -0.39 is 0 Å². The van der Waals surface area contributed by atoms with Gasteiger partial charge in [-0.05, 0) is 30.3 Å². The molecular formula is C19H18BrNO3. The number of carbonyl (C=O) groups excluding carboxylic acids is 1. The van der Waals surface area contributed by atoms with E-state index in [1.165, 1.54) is 0 Å². The number of methoxy groups -OCH3 is 2. The van der Waals surface area contributed by atoms with Crippen LogP contribution in [0, 0.1) is 0 Å². The Hall–Kier alpha value is -2.40. The number of para-hydroxylation sites is 1. The Bertz CT molecular complexity index is 859. The number of fused-ring (bicyclic) bond motifs is 1. The molecule has 3 aromatic rings. The molecule has 0 saturated carbocycles. The van der Waals surface area contributed by atoms with Gasteiger partial charge < -0.3 is 26.5 Å². The van der Waals surface area contributed by atoms with Crippen LogP contribution in [0.5, 0.6) is 11.5 Å². The number of ether oxygens (including phenoxy) is 2. The van der Waals surface area contributed by atoms with Gasteiger partial charge in [-0.15, -0.1) is 0 Å². The standard InChI is InChI=1S/C19H18NO3.BrH/c1-22-18-10-9-15(12-19(18)23-2)17(21)13-20-11-5-7-14-6-3-4-8-16(14)20;/h3-12H,13H2,1-2H3;1H/q+1;/p-1. The molecule has 0 aliphatic heterocycles. The van der Waals surface area contributed by atoms with Crippen molar-refractivity contribution in [2.75, 3.05) is 14.2 Å². The number of Topliss-reactive ketones (excluding diaryl/α,β-unsaturated/α-hetero) is 1. The molecule has 0 saturated heterocycles. The molecule has 1 heterocycles. The molecule has 0 spiro atoms. The molecule has 4 nitrogen and oxygen atoms in total. The maximum absolute atomic E-state index is 12.6. The van der Waals surface area contributed by atoms with Crippen LogP contribution >= 0.6 is 0 Å². The topological polar surface area (TPSA) is 39.4 Å². The molecule has 3 rings (SSSR count). The zero-order valence-electron chi connectivity index (χ0n) is 13.5. The van der Waals surface area contributed by atoms with Gasteiger partial charge in [0.05, 0.1) is 14.2 Å². The molecule has 0 aliphatic rings. The highest BCUT2D eigenvalue weighted by molar-refractivity contribution is 5.96. The van der Waals surface area contributed by atoms with E-state index in [9.17, 15) is 4.79 Å². The number of ketones is 1. The fourth-order valence-electron chi connectivity index (χ4n) is 2.61. The molecule has 0 unspecified atom stereocenters. The van der Waals surface area contributed by atoms with Gasteiger partial charge in [-0.2, -0.15) is 4.57 Å². The number of benzene rings is 2. The fraction of sp³-hybridized carbons (Fsp3) is 0.158. The Morgan fingerprint density at radius 1 is 0.958 bits per heavy atom. The van der Waals surface area contributed by atoms with Gasteiger partial charge in [0.15, 0.2) is 17.7 Å². The lowest BCUT2D eigenvalue weighted by atomic mass is 10.1. The smallest absolute Gasteiger partial charge is 0.227 e. The van der Waals surface area contributed by atoms with Gasteiger partial charge in [0.2, 0.25) is 17.8 Å². The van der Waals surface area contributed by atoms with Crippen LogP contribution in [0.25, 0.3) is 10.9 Å². The van der Waals surface area contributed by atoms with E-state index in [-0.39, 0.29) is 29.3 Å². The summed E-state index contributed by atoms with van der Waals surface area (Å²) in [5.74, 6) is 1.19. The fourth-order valence-corrected chi connectivity index (χ4v) is 2.61. The molecule has 1 aromatic heterocycles. The molecule has 0 amide bonds. The summed E-state index contributed by atoms with van der Waals surface area (Å²) in [6, 6.07) is 17.2. The SMILES string of the molecule is COc1ccc(C(=O)C[n+]2cccc3ccccc32)cc1OC.[Br-]. The van der Waals surface area contributed by atoms with Crippen molar-refractivity contribution in [1.29, 1.82) is 0 Å². The van der Waals surface area contributed by atoms with Crippen LogP contribution in [0.1, 0.15) is 10.4 Å². The van der Waals surface area contributed by atoms with Crippen LogP contribution in [0.2, 0.25) is 0 Å². The first-order valence-corrected chi connectivity index (χ1v) is 7.35. The van der Waals surface area contributed by atoms with E-state index in [0.29, 0.717) is 17.1 Å². The van der Waals surface area contributed by atoms with Gasteiger partial charge in [0.1, 0.15) is 0 Å². The Labute approximate surface area is 151 Å². The maximum atomic E-state index is 12.6. The zero-order chi connectivity index (χ0) is 16.2. The maximum Gasteiger partial charge on any atom is 0.227 e. The van der Waals surface area contributed by atoms with Crippen molar-refractivity contribution in [1.82, 2.24) is 0 Å². The molecule has 24 heavy (non-hydrogen) atoms.